The normalized spacial score (nSPS) is 13.2. The summed E-state index contributed by atoms with van der Waals surface area (Å²) in [5.41, 5.74) is 3.32. The fraction of sp³-hybridized carbons (Fsp3) is 0.435. The summed E-state index contributed by atoms with van der Waals surface area (Å²) in [5, 5.41) is 8.21. The Morgan fingerprint density at radius 3 is 2.56 bits per heavy atom. The van der Waals surface area contributed by atoms with E-state index in [1.165, 1.54) is 0 Å². The van der Waals surface area contributed by atoms with Gasteiger partial charge < -0.3 is 14.4 Å². The number of hydrogen-bond donors (Lipinski definition) is 0. The van der Waals surface area contributed by atoms with Crippen molar-refractivity contribution < 1.29 is 4.79 Å². The molecule has 0 radical (unpaired) electrons. The van der Waals surface area contributed by atoms with Crippen LogP contribution < -0.4 is 9.80 Å². The molecule has 32 heavy (non-hydrogen) atoms. The topological polar surface area (TPSA) is 83.3 Å². The smallest absolute Gasteiger partial charge is 0.260 e. The molecule has 0 saturated heterocycles. The molecule has 0 N–H and O–H groups in total. The molecule has 3 aromatic heterocycles. The van der Waals surface area contributed by atoms with Crippen molar-refractivity contribution in [2.24, 2.45) is 0 Å². The maximum absolute atomic E-state index is 13.5. The predicted molar refractivity (Wildman–Crippen MR) is 125 cm³/mol. The van der Waals surface area contributed by atoms with Crippen LogP contribution >= 0.6 is 0 Å². The third-order valence-corrected chi connectivity index (χ3v) is 5.74. The summed E-state index contributed by atoms with van der Waals surface area (Å²) in [5.74, 6) is 2.10. The minimum atomic E-state index is -0.0441. The summed E-state index contributed by atoms with van der Waals surface area (Å²) >= 11 is 0. The van der Waals surface area contributed by atoms with Gasteiger partial charge in [0.25, 0.3) is 5.91 Å². The van der Waals surface area contributed by atoms with Crippen LogP contribution in [0, 0.1) is 0 Å². The molecule has 1 amide bonds. The number of nitrogens with zero attached hydrogens (tertiary/aromatic N) is 8. The van der Waals surface area contributed by atoms with Crippen LogP contribution in [0.15, 0.2) is 30.6 Å². The summed E-state index contributed by atoms with van der Waals surface area (Å²) in [7, 11) is 4.03. The number of aromatic nitrogens is 5. The third kappa shape index (κ3) is 3.95. The van der Waals surface area contributed by atoms with Crippen LogP contribution in [0.5, 0.6) is 0 Å². The fourth-order valence-electron chi connectivity index (χ4n) is 4.06. The summed E-state index contributed by atoms with van der Waals surface area (Å²) in [6.07, 6.45) is 1.69. The Morgan fingerprint density at radius 1 is 1.09 bits per heavy atom. The zero-order valence-electron chi connectivity index (χ0n) is 19.4. The second-order valence-electron chi connectivity index (χ2n) is 8.08. The second kappa shape index (κ2) is 9.04. The van der Waals surface area contributed by atoms with Crippen molar-refractivity contribution in [3.05, 3.63) is 47.4 Å². The maximum Gasteiger partial charge on any atom is 0.260 e. The van der Waals surface area contributed by atoms with Crippen LogP contribution in [0.3, 0.4) is 0 Å². The molecule has 0 aliphatic carbocycles. The van der Waals surface area contributed by atoms with Crippen LogP contribution in [-0.4, -0.2) is 62.7 Å². The van der Waals surface area contributed by atoms with Crippen LogP contribution in [0.2, 0.25) is 0 Å². The van der Waals surface area contributed by atoms with Gasteiger partial charge in [0, 0.05) is 31.7 Å². The first kappa shape index (κ1) is 21.9. The van der Waals surface area contributed by atoms with E-state index in [0.29, 0.717) is 36.0 Å². The number of hydrogen-bond acceptors (Lipinski definition) is 7. The molecule has 9 heteroatoms. The first-order valence-electron chi connectivity index (χ1n) is 11.1. The van der Waals surface area contributed by atoms with Crippen molar-refractivity contribution in [3.63, 3.8) is 0 Å². The number of carbonyl (C=O) groups is 1. The number of anilines is 2. The molecule has 168 valence electrons. The highest BCUT2D eigenvalue weighted by atomic mass is 16.2. The van der Waals surface area contributed by atoms with Crippen LogP contribution in [0.1, 0.15) is 42.4 Å². The van der Waals surface area contributed by atoms with E-state index in [-0.39, 0.29) is 5.91 Å². The van der Waals surface area contributed by atoms with E-state index in [4.69, 9.17) is 9.97 Å². The van der Waals surface area contributed by atoms with Crippen molar-refractivity contribution in [1.82, 2.24) is 29.6 Å². The molecule has 4 rings (SSSR count). The molecule has 4 heterocycles. The van der Waals surface area contributed by atoms with Gasteiger partial charge in [-0.05, 0) is 53.1 Å². The summed E-state index contributed by atoms with van der Waals surface area (Å²) in [4.78, 5) is 29.2. The van der Waals surface area contributed by atoms with Crippen LogP contribution in [0.4, 0.5) is 11.6 Å². The fourth-order valence-corrected chi connectivity index (χ4v) is 4.06. The molecule has 1 aliphatic heterocycles. The van der Waals surface area contributed by atoms with Gasteiger partial charge in [0.1, 0.15) is 23.7 Å². The van der Waals surface area contributed by atoms with Crippen molar-refractivity contribution in [3.8, 4) is 11.5 Å². The second-order valence-corrected chi connectivity index (χ2v) is 8.08. The van der Waals surface area contributed by atoms with Gasteiger partial charge in [0.15, 0.2) is 5.82 Å². The quantitative estimate of drug-likeness (QED) is 0.539. The highest BCUT2D eigenvalue weighted by Crippen LogP contribution is 2.32. The number of aryl methyl sites for hydroxylation is 1. The van der Waals surface area contributed by atoms with E-state index in [9.17, 15) is 4.79 Å². The zero-order chi connectivity index (χ0) is 22.8. The molecule has 1 aliphatic rings. The first-order chi connectivity index (χ1) is 15.5. The van der Waals surface area contributed by atoms with Gasteiger partial charge in [-0.1, -0.05) is 6.07 Å². The molecular weight excluding hydrogens is 404 g/mol. The lowest BCUT2D eigenvalue weighted by molar-refractivity contribution is 0.0996. The van der Waals surface area contributed by atoms with E-state index >= 15 is 0 Å². The van der Waals surface area contributed by atoms with E-state index < -0.39 is 0 Å². The van der Waals surface area contributed by atoms with Gasteiger partial charge in [-0.3, -0.25) is 9.69 Å². The molecule has 0 bridgehead atoms. The highest BCUT2D eigenvalue weighted by molar-refractivity contribution is 6.10. The van der Waals surface area contributed by atoms with Gasteiger partial charge in [-0.25, -0.2) is 9.97 Å². The Labute approximate surface area is 188 Å². The summed E-state index contributed by atoms with van der Waals surface area (Å²) in [6, 6.07) is 7.60. The molecular formula is C23H30N8O. The van der Waals surface area contributed by atoms with Crippen LogP contribution in [0.25, 0.3) is 11.5 Å². The Kier molecular flexibility index (Phi) is 6.18. The Hall–Kier alpha value is -3.33. The van der Waals surface area contributed by atoms with Crippen molar-refractivity contribution in [2.45, 2.75) is 40.4 Å². The summed E-state index contributed by atoms with van der Waals surface area (Å²) in [6.45, 7) is 9.78. The largest absolute Gasteiger partial charge is 0.357 e. The van der Waals surface area contributed by atoms with Gasteiger partial charge in [0.2, 0.25) is 0 Å². The highest BCUT2D eigenvalue weighted by Gasteiger charge is 2.33. The monoisotopic (exact) mass is 434 g/mol. The maximum atomic E-state index is 13.5. The summed E-state index contributed by atoms with van der Waals surface area (Å²) < 4.78 is 1.93. The molecule has 0 atom stereocenters. The SMILES string of the molecule is CCN(CC)c1cc2c(c(CN(C)C)n1)CN(c1cccc(-c3nncn3CC)n1)C2=O. The van der Waals surface area contributed by atoms with Crippen molar-refractivity contribution >= 4 is 17.5 Å². The van der Waals surface area contributed by atoms with Gasteiger partial charge in [-0.2, -0.15) is 0 Å². The molecule has 0 unspecified atom stereocenters. The minimum Gasteiger partial charge on any atom is -0.357 e. The number of amides is 1. The van der Waals surface area contributed by atoms with Gasteiger partial charge >= 0.3 is 0 Å². The van der Waals surface area contributed by atoms with Gasteiger partial charge in [0.05, 0.1) is 17.8 Å². The number of rotatable bonds is 8. The Morgan fingerprint density at radius 2 is 1.88 bits per heavy atom. The van der Waals surface area contributed by atoms with Crippen LogP contribution in [-0.2, 0) is 19.6 Å². The van der Waals surface area contributed by atoms with Gasteiger partial charge in [-0.15, -0.1) is 10.2 Å². The average molecular weight is 435 g/mol. The van der Waals surface area contributed by atoms with E-state index in [2.05, 4.69) is 33.8 Å². The molecule has 9 nitrogen and oxygen atoms in total. The third-order valence-electron chi connectivity index (χ3n) is 5.74. The van der Waals surface area contributed by atoms with E-state index in [1.54, 1.807) is 11.2 Å². The number of carbonyl (C=O) groups excluding carboxylic acids is 1. The first-order valence-corrected chi connectivity index (χ1v) is 11.1. The molecule has 0 saturated carbocycles. The Balaban J connectivity index is 1.74. The lowest BCUT2D eigenvalue weighted by Crippen LogP contribution is -2.25. The molecule has 3 aromatic rings. The minimum absolute atomic E-state index is 0.0441. The van der Waals surface area contributed by atoms with Crippen molar-refractivity contribution in [1.29, 1.82) is 0 Å². The Bertz CT molecular complexity index is 1120. The zero-order valence-corrected chi connectivity index (χ0v) is 19.4. The lowest BCUT2D eigenvalue weighted by atomic mass is 10.1. The number of pyridine rings is 2. The molecule has 0 fully saturated rings. The number of fused-ring (bicyclic) bond motifs is 1. The average Bonchev–Trinajstić information content (AvgIpc) is 3.39. The molecule has 0 aromatic carbocycles. The standard InChI is InChI=1S/C23H30N8O/c1-6-29(7-2)21-12-16-17(19(26-21)14-28(4)5)13-31(23(16)32)20-11-9-10-18(25-20)22-27-24-15-30(22)8-3/h9-12,15H,6-8,13-14H2,1-5H3. The van der Waals surface area contributed by atoms with E-state index in [1.807, 2.05) is 49.9 Å². The van der Waals surface area contributed by atoms with Crippen molar-refractivity contribution in [2.75, 3.05) is 37.0 Å². The predicted octanol–water partition coefficient (Wildman–Crippen LogP) is 2.82. The lowest BCUT2D eigenvalue weighted by Gasteiger charge is -2.22. The van der Waals surface area contributed by atoms with E-state index in [0.717, 1.165) is 36.7 Å². The molecule has 0 spiro atoms.